The third-order valence-electron chi connectivity index (χ3n) is 5.95. The van der Waals surface area contributed by atoms with Crippen molar-refractivity contribution < 1.29 is 9.53 Å². The zero-order valence-corrected chi connectivity index (χ0v) is 15.8. The third-order valence-corrected chi connectivity index (χ3v) is 5.95. The molecule has 0 radical (unpaired) electrons. The van der Waals surface area contributed by atoms with Crippen LogP contribution in [0, 0.1) is 0 Å². The molecule has 6 heteroatoms. The number of anilines is 1. The van der Waals surface area contributed by atoms with Gasteiger partial charge in [0.25, 0.3) is 5.91 Å². The van der Waals surface area contributed by atoms with Crippen LogP contribution in [0.3, 0.4) is 0 Å². The number of carbonyl (C=O) groups is 1. The number of piperazine rings is 1. The van der Waals surface area contributed by atoms with E-state index in [1.165, 1.54) is 12.8 Å². The summed E-state index contributed by atoms with van der Waals surface area (Å²) in [5.41, 5.74) is 0.767. The number of morpholine rings is 1. The van der Waals surface area contributed by atoms with Gasteiger partial charge in [-0.15, -0.1) is 0 Å². The molecule has 0 aliphatic carbocycles. The molecule has 6 nitrogen and oxygen atoms in total. The van der Waals surface area contributed by atoms with Crippen LogP contribution in [0.1, 0.15) is 43.0 Å². The minimum atomic E-state index is 0.147. The van der Waals surface area contributed by atoms with Crippen LogP contribution < -0.4 is 4.90 Å². The van der Waals surface area contributed by atoms with E-state index in [1.807, 2.05) is 17.0 Å². The lowest BCUT2D eigenvalue weighted by Gasteiger charge is -2.48. The predicted molar refractivity (Wildman–Crippen MR) is 102 cm³/mol. The highest BCUT2D eigenvalue weighted by molar-refractivity contribution is 5.95. The van der Waals surface area contributed by atoms with Gasteiger partial charge in [-0.3, -0.25) is 9.69 Å². The molecule has 0 aromatic carbocycles. The van der Waals surface area contributed by atoms with E-state index >= 15 is 0 Å². The Morgan fingerprint density at radius 2 is 2.08 bits per heavy atom. The Morgan fingerprint density at radius 1 is 1.23 bits per heavy atom. The van der Waals surface area contributed by atoms with Gasteiger partial charge in [0.15, 0.2) is 0 Å². The zero-order chi connectivity index (χ0) is 17.9. The fraction of sp³-hybridized carbons (Fsp3) is 0.700. The number of carbonyl (C=O) groups excluding carboxylic acids is 1. The third kappa shape index (κ3) is 3.58. The standard InChI is InChI=1S/C20H30N4O2/c1-2-5-17-14-26-15-18-13-23(10-11-24(17)18)19-12-16(6-7-21-19)20(25)22-8-3-4-9-22/h6-7,12,17-18H,2-5,8-11,13-15H2,1H3/t17-,18+/m0/s1. The largest absolute Gasteiger partial charge is 0.378 e. The number of nitrogens with zero attached hydrogens (tertiary/aromatic N) is 4. The summed E-state index contributed by atoms with van der Waals surface area (Å²) in [6, 6.07) is 4.80. The van der Waals surface area contributed by atoms with Crippen LogP contribution in [0.5, 0.6) is 0 Å². The lowest BCUT2D eigenvalue weighted by atomic mass is 10.0. The molecule has 0 spiro atoms. The second-order valence-electron chi connectivity index (χ2n) is 7.72. The summed E-state index contributed by atoms with van der Waals surface area (Å²) in [6.07, 6.45) is 6.42. The topological polar surface area (TPSA) is 48.9 Å². The minimum Gasteiger partial charge on any atom is -0.378 e. The molecule has 1 aromatic rings. The molecular weight excluding hydrogens is 328 g/mol. The van der Waals surface area contributed by atoms with Crippen LogP contribution in [0.2, 0.25) is 0 Å². The summed E-state index contributed by atoms with van der Waals surface area (Å²) in [6.45, 7) is 8.60. The van der Waals surface area contributed by atoms with E-state index in [2.05, 4.69) is 21.7 Å². The van der Waals surface area contributed by atoms with Crippen molar-refractivity contribution in [3.05, 3.63) is 23.9 Å². The molecule has 0 bridgehead atoms. The monoisotopic (exact) mass is 358 g/mol. The first-order chi connectivity index (χ1) is 12.8. The van der Waals surface area contributed by atoms with Crippen LogP contribution in [0.15, 0.2) is 18.3 Å². The highest BCUT2D eigenvalue weighted by atomic mass is 16.5. The van der Waals surface area contributed by atoms with E-state index in [9.17, 15) is 4.79 Å². The molecule has 0 N–H and O–H groups in total. The average Bonchev–Trinajstić information content (AvgIpc) is 3.22. The molecule has 142 valence electrons. The van der Waals surface area contributed by atoms with Crippen LogP contribution in [0.25, 0.3) is 0 Å². The van der Waals surface area contributed by atoms with Gasteiger partial charge in [-0.05, 0) is 31.4 Å². The molecule has 3 fully saturated rings. The lowest BCUT2D eigenvalue weighted by molar-refractivity contribution is -0.0558. The van der Waals surface area contributed by atoms with Gasteiger partial charge in [-0.25, -0.2) is 4.98 Å². The van der Waals surface area contributed by atoms with Crippen LogP contribution >= 0.6 is 0 Å². The van der Waals surface area contributed by atoms with Crippen molar-refractivity contribution in [1.82, 2.24) is 14.8 Å². The second kappa shape index (κ2) is 7.92. The molecule has 0 unspecified atom stereocenters. The number of pyridine rings is 1. The van der Waals surface area contributed by atoms with Gasteiger partial charge in [0.05, 0.1) is 19.3 Å². The van der Waals surface area contributed by atoms with E-state index in [0.29, 0.717) is 12.1 Å². The van der Waals surface area contributed by atoms with Crippen LogP contribution in [-0.4, -0.2) is 78.7 Å². The molecule has 0 saturated carbocycles. The molecule has 1 aromatic heterocycles. The first-order valence-corrected chi connectivity index (χ1v) is 10.1. The second-order valence-corrected chi connectivity index (χ2v) is 7.72. The lowest BCUT2D eigenvalue weighted by Crippen LogP contribution is -2.62. The number of hydrogen-bond donors (Lipinski definition) is 0. The smallest absolute Gasteiger partial charge is 0.254 e. The Labute approximate surface area is 156 Å². The molecule has 3 aliphatic heterocycles. The van der Waals surface area contributed by atoms with E-state index in [-0.39, 0.29) is 5.91 Å². The van der Waals surface area contributed by atoms with Crippen LogP contribution in [0.4, 0.5) is 5.82 Å². The van der Waals surface area contributed by atoms with Gasteiger partial charge >= 0.3 is 0 Å². The molecule has 1 amide bonds. The minimum absolute atomic E-state index is 0.147. The summed E-state index contributed by atoms with van der Waals surface area (Å²) in [5, 5.41) is 0. The molecule has 2 atom stereocenters. The summed E-state index contributed by atoms with van der Waals surface area (Å²) in [5.74, 6) is 1.07. The maximum Gasteiger partial charge on any atom is 0.254 e. The fourth-order valence-electron chi connectivity index (χ4n) is 4.55. The summed E-state index contributed by atoms with van der Waals surface area (Å²) in [4.78, 5) is 24.1. The van der Waals surface area contributed by atoms with Crippen LogP contribution in [-0.2, 0) is 4.74 Å². The zero-order valence-electron chi connectivity index (χ0n) is 15.8. The van der Waals surface area contributed by atoms with Gasteiger partial charge < -0.3 is 14.5 Å². The molecule has 4 heterocycles. The quantitative estimate of drug-likeness (QED) is 0.824. The molecule has 26 heavy (non-hydrogen) atoms. The number of ether oxygens (including phenoxy) is 1. The first-order valence-electron chi connectivity index (χ1n) is 10.1. The number of rotatable bonds is 4. The highest BCUT2D eigenvalue weighted by Crippen LogP contribution is 2.25. The van der Waals surface area contributed by atoms with Crippen molar-refractivity contribution in [3.63, 3.8) is 0 Å². The first kappa shape index (κ1) is 17.7. The fourth-order valence-corrected chi connectivity index (χ4v) is 4.55. The number of hydrogen-bond acceptors (Lipinski definition) is 5. The number of fused-ring (bicyclic) bond motifs is 1. The summed E-state index contributed by atoms with van der Waals surface area (Å²) >= 11 is 0. The van der Waals surface area contributed by atoms with Gasteiger partial charge in [0, 0.05) is 50.5 Å². The summed E-state index contributed by atoms with van der Waals surface area (Å²) in [7, 11) is 0. The van der Waals surface area contributed by atoms with Crippen molar-refractivity contribution in [2.75, 3.05) is 50.8 Å². The number of amides is 1. The molecular formula is C20H30N4O2. The Bertz CT molecular complexity index is 630. The van der Waals surface area contributed by atoms with E-state index < -0.39 is 0 Å². The van der Waals surface area contributed by atoms with Crippen molar-refractivity contribution in [3.8, 4) is 0 Å². The Balaban J connectivity index is 1.45. The number of aromatic nitrogens is 1. The van der Waals surface area contributed by atoms with E-state index in [1.54, 1.807) is 6.20 Å². The average molecular weight is 358 g/mol. The normalized spacial score (nSPS) is 26.8. The Morgan fingerprint density at radius 3 is 2.88 bits per heavy atom. The van der Waals surface area contributed by atoms with Crippen molar-refractivity contribution in [1.29, 1.82) is 0 Å². The molecule has 4 rings (SSSR count). The van der Waals surface area contributed by atoms with Crippen molar-refractivity contribution in [2.24, 2.45) is 0 Å². The van der Waals surface area contributed by atoms with Crippen molar-refractivity contribution >= 4 is 11.7 Å². The maximum atomic E-state index is 12.7. The number of likely N-dealkylation sites (tertiary alicyclic amines) is 1. The maximum absolute atomic E-state index is 12.7. The van der Waals surface area contributed by atoms with E-state index in [4.69, 9.17) is 4.74 Å². The van der Waals surface area contributed by atoms with Crippen molar-refractivity contribution in [2.45, 2.75) is 44.7 Å². The van der Waals surface area contributed by atoms with Gasteiger partial charge in [0.1, 0.15) is 5.82 Å². The SMILES string of the molecule is CCC[C@H]1COC[C@H]2CN(c3cc(C(=O)N4CCCC4)ccn3)CCN12. The molecule has 3 aliphatic rings. The van der Waals surface area contributed by atoms with Gasteiger partial charge in [-0.2, -0.15) is 0 Å². The summed E-state index contributed by atoms with van der Waals surface area (Å²) < 4.78 is 5.87. The predicted octanol–water partition coefficient (Wildman–Crippen LogP) is 2.01. The van der Waals surface area contributed by atoms with Gasteiger partial charge in [-0.1, -0.05) is 13.3 Å². The Hall–Kier alpha value is -1.66. The molecule has 3 saturated heterocycles. The van der Waals surface area contributed by atoms with Gasteiger partial charge in [0.2, 0.25) is 0 Å². The highest BCUT2D eigenvalue weighted by Gasteiger charge is 2.35. The van der Waals surface area contributed by atoms with E-state index in [0.717, 1.165) is 70.2 Å². The Kier molecular flexibility index (Phi) is 5.41.